The lowest BCUT2D eigenvalue weighted by atomic mass is 10.1. The lowest BCUT2D eigenvalue weighted by Gasteiger charge is -2.41. The zero-order valence-corrected chi connectivity index (χ0v) is 13.1. The maximum Gasteiger partial charge on any atom is 0.336 e. The number of hydrogen-bond acceptors (Lipinski definition) is 3. The maximum absolute atomic E-state index is 11.9. The summed E-state index contributed by atoms with van der Waals surface area (Å²) in [5.74, 6) is -0.767. The number of carboxylic acids is 1. The van der Waals surface area contributed by atoms with Crippen LogP contribution < -0.4 is 0 Å². The standard InChI is InChI=1S/C19H22N2O2/c22-19(23)18-20(14-16-8-3-1-4-9-16)12-7-13-21(18)15-17-10-5-2-6-11-17/h1-6,8-11,18H,7,12-15H2,(H,22,23). The smallest absolute Gasteiger partial charge is 0.336 e. The summed E-state index contributed by atoms with van der Waals surface area (Å²) in [5, 5.41) is 9.75. The van der Waals surface area contributed by atoms with Crippen LogP contribution in [-0.4, -0.2) is 40.1 Å². The van der Waals surface area contributed by atoms with Crippen molar-refractivity contribution in [1.29, 1.82) is 0 Å². The summed E-state index contributed by atoms with van der Waals surface area (Å²) in [6, 6.07) is 20.2. The van der Waals surface area contributed by atoms with Gasteiger partial charge in [0.05, 0.1) is 0 Å². The largest absolute Gasteiger partial charge is 0.479 e. The second-order valence-electron chi connectivity index (χ2n) is 5.98. The third kappa shape index (κ3) is 3.97. The molecule has 2 aromatic rings. The van der Waals surface area contributed by atoms with Gasteiger partial charge in [-0.25, -0.2) is 4.79 Å². The van der Waals surface area contributed by atoms with Gasteiger partial charge in [0.1, 0.15) is 0 Å². The van der Waals surface area contributed by atoms with Crippen molar-refractivity contribution in [3.63, 3.8) is 0 Å². The quantitative estimate of drug-likeness (QED) is 0.922. The van der Waals surface area contributed by atoms with Crippen molar-refractivity contribution in [3.8, 4) is 0 Å². The van der Waals surface area contributed by atoms with Crippen LogP contribution in [0.1, 0.15) is 17.5 Å². The number of hydrogen-bond donors (Lipinski definition) is 1. The second-order valence-corrected chi connectivity index (χ2v) is 5.98. The molecule has 1 saturated heterocycles. The third-order valence-corrected chi connectivity index (χ3v) is 4.26. The molecule has 0 aromatic heterocycles. The number of carbonyl (C=O) groups is 1. The van der Waals surface area contributed by atoms with Gasteiger partial charge >= 0.3 is 5.97 Å². The van der Waals surface area contributed by atoms with Crippen LogP contribution in [-0.2, 0) is 17.9 Å². The summed E-state index contributed by atoms with van der Waals surface area (Å²) in [5.41, 5.74) is 2.31. The molecule has 1 aliphatic rings. The SMILES string of the molecule is O=C(O)C1N(Cc2ccccc2)CCCN1Cc1ccccc1. The highest BCUT2D eigenvalue weighted by atomic mass is 16.4. The van der Waals surface area contributed by atoms with Crippen molar-refractivity contribution in [1.82, 2.24) is 9.80 Å². The minimum Gasteiger partial charge on any atom is -0.479 e. The fourth-order valence-electron chi connectivity index (χ4n) is 3.23. The van der Waals surface area contributed by atoms with Crippen molar-refractivity contribution in [2.24, 2.45) is 0 Å². The van der Waals surface area contributed by atoms with E-state index < -0.39 is 12.1 Å². The van der Waals surface area contributed by atoms with E-state index in [-0.39, 0.29) is 0 Å². The first-order valence-corrected chi connectivity index (χ1v) is 8.03. The van der Waals surface area contributed by atoms with E-state index in [1.807, 2.05) is 36.4 Å². The van der Waals surface area contributed by atoms with Gasteiger partial charge in [-0.3, -0.25) is 9.80 Å². The van der Waals surface area contributed by atoms with Crippen LogP contribution in [0.3, 0.4) is 0 Å². The molecule has 0 bridgehead atoms. The molecule has 4 heteroatoms. The van der Waals surface area contributed by atoms with E-state index in [4.69, 9.17) is 0 Å². The molecule has 1 aliphatic heterocycles. The second kappa shape index (κ2) is 7.40. The predicted molar refractivity (Wildman–Crippen MR) is 89.7 cm³/mol. The van der Waals surface area contributed by atoms with Gasteiger partial charge in [0.25, 0.3) is 0 Å². The Kier molecular flexibility index (Phi) is 5.05. The zero-order chi connectivity index (χ0) is 16.1. The first-order valence-electron chi connectivity index (χ1n) is 8.03. The van der Waals surface area contributed by atoms with Crippen molar-refractivity contribution < 1.29 is 9.90 Å². The molecule has 120 valence electrons. The third-order valence-electron chi connectivity index (χ3n) is 4.26. The van der Waals surface area contributed by atoms with Gasteiger partial charge in [-0.1, -0.05) is 60.7 Å². The highest BCUT2D eigenvalue weighted by Gasteiger charge is 2.34. The molecule has 1 fully saturated rings. The number of aliphatic carboxylic acids is 1. The first kappa shape index (κ1) is 15.7. The van der Waals surface area contributed by atoms with Gasteiger partial charge in [-0.15, -0.1) is 0 Å². The number of carboxylic acid groups (broad SMARTS) is 1. The van der Waals surface area contributed by atoms with Crippen molar-refractivity contribution in [2.45, 2.75) is 25.7 Å². The monoisotopic (exact) mass is 310 g/mol. The fourth-order valence-corrected chi connectivity index (χ4v) is 3.23. The molecule has 0 amide bonds. The molecule has 2 aromatic carbocycles. The van der Waals surface area contributed by atoms with E-state index >= 15 is 0 Å². The summed E-state index contributed by atoms with van der Waals surface area (Å²) >= 11 is 0. The normalized spacial score (nSPS) is 17.2. The molecule has 3 rings (SSSR count). The molecule has 0 radical (unpaired) electrons. The average molecular weight is 310 g/mol. The summed E-state index contributed by atoms with van der Waals surface area (Å²) < 4.78 is 0. The Morgan fingerprint density at radius 3 is 1.70 bits per heavy atom. The minimum atomic E-state index is -0.767. The van der Waals surface area contributed by atoms with E-state index in [0.29, 0.717) is 13.1 Å². The number of benzene rings is 2. The Morgan fingerprint density at radius 1 is 0.870 bits per heavy atom. The van der Waals surface area contributed by atoms with E-state index in [1.54, 1.807) is 0 Å². The van der Waals surface area contributed by atoms with Crippen LogP contribution in [0.15, 0.2) is 60.7 Å². The highest BCUT2D eigenvalue weighted by molar-refractivity contribution is 5.73. The summed E-state index contributed by atoms with van der Waals surface area (Å²) in [6.45, 7) is 2.97. The van der Waals surface area contributed by atoms with E-state index in [0.717, 1.165) is 30.6 Å². The zero-order valence-electron chi connectivity index (χ0n) is 13.1. The molecule has 1 heterocycles. The molecule has 0 atom stereocenters. The lowest BCUT2D eigenvalue weighted by molar-refractivity contribution is -0.155. The Bertz CT molecular complexity index is 581. The Hall–Kier alpha value is -2.17. The molecule has 0 aliphatic carbocycles. The van der Waals surface area contributed by atoms with Crippen molar-refractivity contribution >= 4 is 5.97 Å². The Morgan fingerprint density at radius 2 is 1.30 bits per heavy atom. The van der Waals surface area contributed by atoms with Crippen LogP contribution >= 0.6 is 0 Å². The summed E-state index contributed by atoms with van der Waals surface area (Å²) in [4.78, 5) is 16.0. The number of nitrogens with zero attached hydrogens (tertiary/aromatic N) is 2. The molecule has 23 heavy (non-hydrogen) atoms. The van der Waals surface area contributed by atoms with Gasteiger partial charge in [0.15, 0.2) is 6.17 Å². The van der Waals surface area contributed by atoms with Crippen LogP contribution in [0.25, 0.3) is 0 Å². The molecule has 0 spiro atoms. The van der Waals surface area contributed by atoms with Gasteiger partial charge < -0.3 is 5.11 Å². The highest BCUT2D eigenvalue weighted by Crippen LogP contribution is 2.20. The van der Waals surface area contributed by atoms with Gasteiger partial charge in [0, 0.05) is 26.2 Å². The number of rotatable bonds is 5. The van der Waals surface area contributed by atoms with E-state index in [1.165, 1.54) is 0 Å². The van der Waals surface area contributed by atoms with E-state index in [9.17, 15) is 9.90 Å². The van der Waals surface area contributed by atoms with Crippen molar-refractivity contribution in [3.05, 3.63) is 71.8 Å². The fraction of sp³-hybridized carbons (Fsp3) is 0.316. The van der Waals surface area contributed by atoms with Crippen LogP contribution in [0, 0.1) is 0 Å². The predicted octanol–water partition coefficient (Wildman–Crippen LogP) is 2.81. The molecule has 0 saturated carbocycles. The van der Waals surface area contributed by atoms with Gasteiger partial charge in [-0.2, -0.15) is 0 Å². The molecule has 0 unspecified atom stereocenters. The van der Waals surface area contributed by atoms with Gasteiger partial charge in [0.2, 0.25) is 0 Å². The first-order chi connectivity index (χ1) is 11.2. The Labute approximate surface area is 137 Å². The molecular weight excluding hydrogens is 288 g/mol. The van der Waals surface area contributed by atoms with Crippen LogP contribution in [0.4, 0.5) is 0 Å². The minimum absolute atomic E-state index is 0.566. The Balaban J connectivity index is 1.76. The maximum atomic E-state index is 11.9. The molecular formula is C19H22N2O2. The summed E-state index contributed by atoms with van der Waals surface area (Å²) in [6.07, 6.45) is 0.424. The average Bonchev–Trinajstić information content (AvgIpc) is 2.56. The topological polar surface area (TPSA) is 43.8 Å². The van der Waals surface area contributed by atoms with Crippen LogP contribution in [0.5, 0.6) is 0 Å². The summed E-state index contributed by atoms with van der Waals surface area (Å²) in [7, 11) is 0. The van der Waals surface area contributed by atoms with Crippen LogP contribution in [0.2, 0.25) is 0 Å². The lowest BCUT2D eigenvalue weighted by Crippen LogP contribution is -2.56. The van der Waals surface area contributed by atoms with E-state index in [2.05, 4.69) is 34.1 Å². The molecule has 4 nitrogen and oxygen atoms in total. The van der Waals surface area contributed by atoms with Gasteiger partial charge in [-0.05, 0) is 17.5 Å². The van der Waals surface area contributed by atoms with Crippen molar-refractivity contribution in [2.75, 3.05) is 13.1 Å². The molecule has 1 N–H and O–H groups in total.